The van der Waals surface area contributed by atoms with Gasteiger partial charge in [-0.2, -0.15) is 0 Å². The van der Waals surface area contributed by atoms with Crippen LogP contribution in [-0.2, 0) is 0 Å². The lowest BCUT2D eigenvalue weighted by Crippen LogP contribution is -2.31. The van der Waals surface area contributed by atoms with Crippen molar-refractivity contribution >= 4 is 17.0 Å². The van der Waals surface area contributed by atoms with Crippen molar-refractivity contribution in [2.24, 2.45) is 5.41 Å². The molecule has 0 spiro atoms. The van der Waals surface area contributed by atoms with Crippen LogP contribution < -0.4 is 5.73 Å². The second-order valence-electron chi connectivity index (χ2n) is 6.35. The van der Waals surface area contributed by atoms with Crippen LogP contribution in [0.3, 0.4) is 0 Å². The summed E-state index contributed by atoms with van der Waals surface area (Å²) in [6, 6.07) is 2.31. The minimum absolute atomic E-state index is 0.0444. The molecule has 1 aromatic heterocycles. The maximum absolute atomic E-state index is 13.8. The number of rotatable bonds is 1. The van der Waals surface area contributed by atoms with E-state index in [1.54, 1.807) is 0 Å². The molecule has 1 atom stereocenters. The van der Waals surface area contributed by atoms with Crippen LogP contribution in [0.5, 0.6) is 0 Å². The van der Waals surface area contributed by atoms with Crippen molar-refractivity contribution in [1.82, 2.24) is 9.55 Å². The van der Waals surface area contributed by atoms with Gasteiger partial charge in [-0.3, -0.25) is 0 Å². The van der Waals surface area contributed by atoms with E-state index in [0.717, 1.165) is 25.3 Å². The lowest BCUT2D eigenvalue weighted by molar-refractivity contribution is 0.149. The van der Waals surface area contributed by atoms with E-state index in [1.165, 1.54) is 12.5 Å². The predicted octanol–water partition coefficient (Wildman–Crippen LogP) is 4.04. The molecule has 0 amide bonds. The van der Waals surface area contributed by atoms with Crippen molar-refractivity contribution in [2.45, 2.75) is 45.6 Å². The van der Waals surface area contributed by atoms with Gasteiger partial charge in [0.05, 0.1) is 5.52 Å². The quantitative estimate of drug-likeness (QED) is 0.856. The molecule has 1 heterocycles. The van der Waals surface area contributed by atoms with Crippen molar-refractivity contribution in [1.29, 1.82) is 0 Å². The summed E-state index contributed by atoms with van der Waals surface area (Å²) in [5.41, 5.74) is 6.65. The molecule has 0 bridgehead atoms. The molecule has 1 aliphatic carbocycles. The zero-order valence-corrected chi connectivity index (χ0v) is 11.8. The Labute approximate surface area is 116 Å². The van der Waals surface area contributed by atoms with Crippen molar-refractivity contribution in [3.8, 4) is 0 Å². The third-order valence-electron chi connectivity index (χ3n) is 4.50. The van der Waals surface area contributed by atoms with Crippen LogP contribution >= 0.6 is 0 Å². The molecular formula is C15H19F2N3. The van der Waals surface area contributed by atoms with Crippen molar-refractivity contribution in [3.05, 3.63) is 23.8 Å². The predicted molar refractivity (Wildman–Crippen MR) is 75.3 cm³/mol. The number of halogens is 2. The first kappa shape index (κ1) is 13.3. The molecule has 20 heavy (non-hydrogen) atoms. The number of imidazole rings is 1. The number of nitrogens with two attached hydrogens (primary N) is 1. The van der Waals surface area contributed by atoms with E-state index in [2.05, 4.69) is 18.8 Å². The molecule has 1 saturated carbocycles. The average Bonchev–Trinajstić information content (AvgIpc) is 2.66. The van der Waals surface area contributed by atoms with E-state index < -0.39 is 11.6 Å². The molecule has 2 aromatic rings. The van der Waals surface area contributed by atoms with E-state index in [4.69, 9.17) is 5.73 Å². The summed E-state index contributed by atoms with van der Waals surface area (Å²) in [5, 5.41) is 0. The highest BCUT2D eigenvalue weighted by atomic mass is 19.1. The minimum atomic E-state index is -0.654. The Morgan fingerprint density at radius 3 is 2.75 bits per heavy atom. The van der Waals surface area contributed by atoms with Gasteiger partial charge < -0.3 is 10.3 Å². The number of fused-ring (bicyclic) bond motifs is 1. The minimum Gasteiger partial charge on any atom is -0.369 e. The SMILES string of the molecule is CC1(C)CCCCC1n1c(N)nc2c(F)cc(F)cc21. The Hall–Kier alpha value is -1.65. The van der Waals surface area contributed by atoms with Crippen LogP contribution in [0.15, 0.2) is 12.1 Å². The fourth-order valence-electron chi connectivity index (χ4n) is 3.42. The van der Waals surface area contributed by atoms with Crippen LogP contribution in [0.25, 0.3) is 11.0 Å². The van der Waals surface area contributed by atoms with Crippen molar-refractivity contribution in [2.75, 3.05) is 5.73 Å². The zero-order valence-electron chi connectivity index (χ0n) is 11.8. The first-order valence-corrected chi connectivity index (χ1v) is 7.02. The first-order valence-electron chi connectivity index (χ1n) is 7.02. The van der Waals surface area contributed by atoms with E-state index in [1.807, 2.05) is 4.57 Å². The summed E-state index contributed by atoms with van der Waals surface area (Å²) in [5.74, 6) is -0.978. The summed E-state index contributed by atoms with van der Waals surface area (Å²) in [6.07, 6.45) is 4.32. The Morgan fingerprint density at radius 1 is 1.30 bits per heavy atom. The molecule has 2 N–H and O–H groups in total. The molecule has 1 unspecified atom stereocenters. The van der Waals surface area contributed by atoms with Gasteiger partial charge in [-0.05, 0) is 18.3 Å². The number of hydrogen-bond donors (Lipinski definition) is 1. The normalized spacial score (nSPS) is 22.3. The van der Waals surface area contributed by atoms with Gasteiger partial charge in [0, 0.05) is 18.2 Å². The van der Waals surface area contributed by atoms with Gasteiger partial charge in [-0.1, -0.05) is 26.7 Å². The second kappa shape index (κ2) is 4.43. The summed E-state index contributed by atoms with van der Waals surface area (Å²) in [7, 11) is 0. The Bertz CT molecular complexity index is 661. The van der Waals surface area contributed by atoms with Gasteiger partial charge >= 0.3 is 0 Å². The summed E-state index contributed by atoms with van der Waals surface area (Å²) in [6.45, 7) is 4.36. The maximum Gasteiger partial charge on any atom is 0.201 e. The molecule has 5 heteroatoms. The summed E-state index contributed by atoms with van der Waals surface area (Å²) in [4.78, 5) is 4.09. The molecule has 0 saturated heterocycles. The first-order chi connectivity index (χ1) is 9.40. The standard InChI is InChI=1S/C15H19F2N3/c1-15(2)6-4-3-5-12(15)20-11-8-9(16)7-10(17)13(11)19-14(20)18/h7-8,12H,3-6H2,1-2H3,(H2,18,19). The van der Waals surface area contributed by atoms with Crippen LogP contribution in [-0.4, -0.2) is 9.55 Å². The summed E-state index contributed by atoms with van der Waals surface area (Å²) < 4.78 is 29.2. The zero-order chi connectivity index (χ0) is 14.5. The molecular weight excluding hydrogens is 260 g/mol. The molecule has 1 aromatic carbocycles. The highest BCUT2D eigenvalue weighted by molar-refractivity contribution is 5.79. The number of nitrogens with zero attached hydrogens (tertiary/aromatic N) is 2. The van der Waals surface area contributed by atoms with Crippen LogP contribution in [0.4, 0.5) is 14.7 Å². The Kier molecular flexibility index (Phi) is 2.96. The maximum atomic E-state index is 13.8. The molecule has 0 radical (unpaired) electrons. The van der Waals surface area contributed by atoms with E-state index in [0.29, 0.717) is 5.52 Å². The number of hydrogen-bond acceptors (Lipinski definition) is 2. The van der Waals surface area contributed by atoms with Gasteiger partial charge in [0.1, 0.15) is 11.3 Å². The third-order valence-corrected chi connectivity index (χ3v) is 4.50. The van der Waals surface area contributed by atoms with Crippen LogP contribution in [0.2, 0.25) is 0 Å². The molecule has 1 fully saturated rings. The third kappa shape index (κ3) is 1.96. The van der Waals surface area contributed by atoms with Gasteiger partial charge in [0.2, 0.25) is 5.95 Å². The Morgan fingerprint density at radius 2 is 2.05 bits per heavy atom. The molecule has 0 aliphatic heterocycles. The smallest absolute Gasteiger partial charge is 0.201 e. The second-order valence-corrected chi connectivity index (χ2v) is 6.35. The van der Waals surface area contributed by atoms with Gasteiger partial charge in [-0.25, -0.2) is 13.8 Å². The fourth-order valence-corrected chi connectivity index (χ4v) is 3.42. The van der Waals surface area contributed by atoms with Crippen molar-refractivity contribution in [3.63, 3.8) is 0 Å². The fraction of sp³-hybridized carbons (Fsp3) is 0.533. The molecule has 108 valence electrons. The average molecular weight is 279 g/mol. The highest BCUT2D eigenvalue weighted by Gasteiger charge is 2.35. The van der Waals surface area contributed by atoms with Crippen LogP contribution in [0, 0.1) is 17.0 Å². The number of anilines is 1. The number of aromatic nitrogens is 2. The van der Waals surface area contributed by atoms with E-state index >= 15 is 0 Å². The lowest BCUT2D eigenvalue weighted by atomic mass is 9.73. The van der Waals surface area contributed by atoms with Crippen LogP contribution in [0.1, 0.15) is 45.6 Å². The molecule has 3 rings (SSSR count). The van der Waals surface area contributed by atoms with Crippen molar-refractivity contribution < 1.29 is 8.78 Å². The largest absolute Gasteiger partial charge is 0.369 e. The van der Waals surface area contributed by atoms with Gasteiger partial charge in [0.15, 0.2) is 5.82 Å². The van der Waals surface area contributed by atoms with E-state index in [-0.39, 0.29) is 22.9 Å². The van der Waals surface area contributed by atoms with E-state index in [9.17, 15) is 8.78 Å². The molecule has 3 nitrogen and oxygen atoms in total. The highest BCUT2D eigenvalue weighted by Crippen LogP contribution is 2.46. The van der Waals surface area contributed by atoms with Gasteiger partial charge in [0.25, 0.3) is 0 Å². The Balaban J connectivity index is 2.22. The van der Waals surface area contributed by atoms with Gasteiger partial charge in [-0.15, -0.1) is 0 Å². The number of nitrogen functional groups attached to an aromatic ring is 1. The summed E-state index contributed by atoms with van der Waals surface area (Å²) >= 11 is 0. The molecule has 1 aliphatic rings. The monoisotopic (exact) mass is 279 g/mol. The lowest BCUT2D eigenvalue weighted by Gasteiger charge is -2.40. The number of benzene rings is 1. The topological polar surface area (TPSA) is 43.8 Å².